The molecule has 3 rings (SSSR count). The van der Waals surface area contributed by atoms with Crippen molar-refractivity contribution in [1.29, 1.82) is 0 Å². The lowest BCUT2D eigenvalue weighted by atomic mass is 10.2. The van der Waals surface area contributed by atoms with Gasteiger partial charge in [0.05, 0.1) is 29.4 Å². The molecule has 8 nitrogen and oxygen atoms in total. The van der Waals surface area contributed by atoms with Crippen molar-refractivity contribution < 1.29 is 27.5 Å². The van der Waals surface area contributed by atoms with Gasteiger partial charge < -0.3 is 19.6 Å². The molecule has 2 heterocycles. The largest absolute Gasteiger partial charge is 0.478 e. The Morgan fingerprint density at radius 3 is 2.81 bits per heavy atom. The second-order valence-corrected chi connectivity index (χ2v) is 7.70. The number of carboxylic acids is 1. The summed E-state index contributed by atoms with van der Waals surface area (Å²) in [6.45, 7) is 1.09. The van der Waals surface area contributed by atoms with Crippen LogP contribution in [0.2, 0.25) is 0 Å². The molecule has 1 aromatic heterocycles. The highest BCUT2D eigenvalue weighted by atomic mass is 32.2. The minimum atomic E-state index is -3.82. The number of hydrogen-bond acceptors (Lipinski definition) is 6. The zero-order valence-electron chi connectivity index (χ0n) is 14.0. The highest BCUT2D eigenvalue weighted by Gasteiger charge is 2.22. The molecule has 1 atom stereocenters. The van der Waals surface area contributed by atoms with Gasteiger partial charge in [-0.15, -0.1) is 0 Å². The van der Waals surface area contributed by atoms with Crippen LogP contribution in [0.4, 0.5) is 5.69 Å². The van der Waals surface area contributed by atoms with E-state index in [9.17, 15) is 18.3 Å². The summed E-state index contributed by atoms with van der Waals surface area (Å²) < 4.78 is 37.9. The average Bonchev–Trinajstić information content (AvgIpc) is 3.31. The number of benzene rings is 1. The van der Waals surface area contributed by atoms with E-state index in [2.05, 4.69) is 10.0 Å². The van der Waals surface area contributed by atoms with Gasteiger partial charge in [0.2, 0.25) is 10.0 Å². The van der Waals surface area contributed by atoms with Gasteiger partial charge in [-0.05, 0) is 43.2 Å². The van der Waals surface area contributed by atoms with E-state index in [0.717, 1.165) is 18.9 Å². The molecule has 0 bridgehead atoms. The first-order valence-electron chi connectivity index (χ1n) is 8.20. The Labute approximate surface area is 151 Å². The van der Waals surface area contributed by atoms with Crippen molar-refractivity contribution >= 4 is 21.7 Å². The third-order valence-electron chi connectivity index (χ3n) is 4.09. The predicted octanol–water partition coefficient (Wildman–Crippen LogP) is 2.05. The number of rotatable bonds is 8. The van der Waals surface area contributed by atoms with E-state index in [-0.39, 0.29) is 29.7 Å². The van der Waals surface area contributed by atoms with E-state index >= 15 is 0 Å². The quantitative estimate of drug-likeness (QED) is 0.641. The van der Waals surface area contributed by atoms with E-state index in [1.165, 1.54) is 18.4 Å². The van der Waals surface area contributed by atoms with Crippen LogP contribution in [0.3, 0.4) is 0 Å². The molecule has 1 unspecified atom stereocenters. The Kier molecular flexibility index (Phi) is 5.60. The Balaban J connectivity index is 1.75. The van der Waals surface area contributed by atoms with Crippen molar-refractivity contribution in [2.45, 2.75) is 30.4 Å². The molecule has 0 radical (unpaired) electrons. The monoisotopic (exact) mass is 380 g/mol. The lowest BCUT2D eigenvalue weighted by molar-refractivity contribution is 0.0697. The van der Waals surface area contributed by atoms with Crippen molar-refractivity contribution in [2.75, 3.05) is 18.5 Å². The molecule has 1 aliphatic rings. The molecule has 0 saturated carbocycles. The molecule has 1 fully saturated rings. The lowest BCUT2D eigenvalue weighted by Gasteiger charge is -2.13. The molecule has 9 heteroatoms. The lowest BCUT2D eigenvalue weighted by Crippen LogP contribution is -2.32. The van der Waals surface area contributed by atoms with Crippen LogP contribution in [0.5, 0.6) is 0 Å². The molecule has 1 aromatic carbocycles. The maximum atomic E-state index is 12.4. The second kappa shape index (κ2) is 7.90. The van der Waals surface area contributed by atoms with Gasteiger partial charge in [0.15, 0.2) is 0 Å². The highest BCUT2D eigenvalue weighted by Crippen LogP contribution is 2.22. The summed E-state index contributed by atoms with van der Waals surface area (Å²) in [5, 5.41) is 12.4. The Morgan fingerprint density at radius 1 is 1.31 bits per heavy atom. The molecule has 3 N–H and O–H groups in total. The molecule has 0 aliphatic carbocycles. The normalized spacial score (nSPS) is 17.3. The molecular weight excluding hydrogens is 360 g/mol. The number of anilines is 1. The number of hydrogen-bond donors (Lipinski definition) is 3. The van der Waals surface area contributed by atoms with Crippen LogP contribution in [0.25, 0.3) is 0 Å². The first-order valence-corrected chi connectivity index (χ1v) is 9.69. The van der Waals surface area contributed by atoms with E-state index < -0.39 is 16.0 Å². The number of furan rings is 1. The number of nitrogens with one attached hydrogen (secondary N) is 2. The van der Waals surface area contributed by atoms with E-state index in [0.29, 0.717) is 18.1 Å². The fourth-order valence-corrected chi connectivity index (χ4v) is 3.80. The summed E-state index contributed by atoms with van der Waals surface area (Å²) >= 11 is 0. The van der Waals surface area contributed by atoms with Crippen molar-refractivity contribution in [3.05, 3.63) is 47.9 Å². The van der Waals surface area contributed by atoms with Crippen LogP contribution >= 0.6 is 0 Å². The van der Waals surface area contributed by atoms with Crippen molar-refractivity contribution in [1.82, 2.24) is 4.72 Å². The summed E-state index contributed by atoms with van der Waals surface area (Å²) in [7, 11) is -3.82. The Hall–Kier alpha value is -2.36. The highest BCUT2D eigenvalue weighted by molar-refractivity contribution is 7.89. The second-order valence-electron chi connectivity index (χ2n) is 5.93. The number of ether oxygens (including phenoxy) is 1. The standard InChI is InChI=1S/C17H20N2O6S/c20-17(21)15-9-14(26(22,23)19-11-13-4-2-8-25-13)5-6-16(15)18-10-12-3-1-7-24-12/h1,3,5-7,9,13,18-19H,2,4,8,10-11H2,(H,20,21). The molecule has 1 aliphatic heterocycles. The van der Waals surface area contributed by atoms with E-state index in [1.807, 2.05) is 0 Å². The van der Waals surface area contributed by atoms with Gasteiger partial charge in [0.1, 0.15) is 5.76 Å². The fraction of sp³-hybridized carbons (Fsp3) is 0.353. The SMILES string of the molecule is O=C(O)c1cc(S(=O)(=O)NCC2CCCO2)ccc1NCc1ccco1. The predicted molar refractivity (Wildman–Crippen MR) is 93.6 cm³/mol. The first kappa shape index (κ1) is 18.4. The molecule has 2 aromatic rings. The van der Waals surface area contributed by atoms with Gasteiger partial charge >= 0.3 is 5.97 Å². The summed E-state index contributed by atoms with van der Waals surface area (Å²) in [5.74, 6) is -0.584. The van der Waals surface area contributed by atoms with Gasteiger partial charge in [-0.3, -0.25) is 0 Å². The van der Waals surface area contributed by atoms with E-state index in [1.54, 1.807) is 12.1 Å². The summed E-state index contributed by atoms with van der Waals surface area (Å²) in [5.41, 5.74) is 0.184. The molecular formula is C17H20N2O6S. The van der Waals surface area contributed by atoms with Crippen LogP contribution in [0.15, 0.2) is 45.9 Å². The summed E-state index contributed by atoms with van der Waals surface area (Å²) in [4.78, 5) is 11.4. The van der Waals surface area contributed by atoms with E-state index in [4.69, 9.17) is 9.15 Å². The van der Waals surface area contributed by atoms with Gasteiger partial charge in [0.25, 0.3) is 0 Å². The average molecular weight is 380 g/mol. The molecule has 1 saturated heterocycles. The van der Waals surface area contributed by atoms with Crippen molar-refractivity contribution in [3.8, 4) is 0 Å². The fourth-order valence-electron chi connectivity index (χ4n) is 2.71. The number of carbonyl (C=O) groups is 1. The first-order chi connectivity index (χ1) is 12.5. The Bertz CT molecular complexity index is 857. The molecule has 0 amide bonds. The summed E-state index contributed by atoms with van der Waals surface area (Å²) in [6.07, 6.45) is 3.09. The van der Waals surface area contributed by atoms with Crippen LogP contribution in [-0.2, 0) is 21.3 Å². The van der Waals surface area contributed by atoms with Crippen LogP contribution < -0.4 is 10.0 Å². The zero-order valence-corrected chi connectivity index (χ0v) is 14.8. The topological polar surface area (TPSA) is 118 Å². The van der Waals surface area contributed by atoms with Crippen LogP contribution in [0, 0.1) is 0 Å². The molecule has 140 valence electrons. The van der Waals surface area contributed by atoms with Crippen molar-refractivity contribution in [2.24, 2.45) is 0 Å². The number of aromatic carboxylic acids is 1. The molecule has 0 spiro atoms. The third kappa shape index (κ3) is 4.43. The Morgan fingerprint density at radius 2 is 2.15 bits per heavy atom. The van der Waals surface area contributed by atoms with Crippen LogP contribution in [0.1, 0.15) is 29.0 Å². The van der Waals surface area contributed by atoms with Crippen molar-refractivity contribution in [3.63, 3.8) is 0 Å². The summed E-state index contributed by atoms with van der Waals surface area (Å²) in [6, 6.07) is 7.43. The minimum absolute atomic E-state index is 0.101. The maximum Gasteiger partial charge on any atom is 0.337 e. The van der Waals surface area contributed by atoms with Gasteiger partial charge in [-0.25, -0.2) is 17.9 Å². The van der Waals surface area contributed by atoms with Gasteiger partial charge in [0, 0.05) is 18.8 Å². The van der Waals surface area contributed by atoms with Gasteiger partial charge in [-0.1, -0.05) is 0 Å². The van der Waals surface area contributed by atoms with Gasteiger partial charge in [-0.2, -0.15) is 0 Å². The maximum absolute atomic E-state index is 12.4. The zero-order chi connectivity index (χ0) is 18.6. The third-order valence-corrected chi connectivity index (χ3v) is 5.51. The smallest absolute Gasteiger partial charge is 0.337 e. The number of carboxylic acid groups (broad SMARTS) is 1. The molecule has 26 heavy (non-hydrogen) atoms. The van der Waals surface area contributed by atoms with Crippen LogP contribution in [-0.4, -0.2) is 38.7 Å². The minimum Gasteiger partial charge on any atom is -0.478 e. The number of sulfonamides is 1.